The maximum absolute atomic E-state index is 12.4. The Bertz CT molecular complexity index is 861. The van der Waals surface area contributed by atoms with Gasteiger partial charge in [-0.05, 0) is 48.2 Å². The zero-order chi connectivity index (χ0) is 22.1. The van der Waals surface area contributed by atoms with Crippen molar-refractivity contribution in [3.05, 3.63) is 59.7 Å². The first kappa shape index (κ1) is 23.3. The molecule has 2 aromatic carbocycles. The second kappa shape index (κ2) is 10.7. The van der Waals surface area contributed by atoms with E-state index in [0.717, 1.165) is 47.3 Å². The molecule has 4 nitrogen and oxygen atoms in total. The molecule has 162 valence electrons. The van der Waals surface area contributed by atoms with E-state index in [2.05, 4.69) is 23.6 Å². The summed E-state index contributed by atoms with van der Waals surface area (Å²) >= 11 is 0. The fraction of sp³-hybridized carbons (Fsp3) is 0.348. The van der Waals surface area contributed by atoms with Gasteiger partial charge in [-0.2, -0.15) is 0 Å². The van der Waals surface area contributed by atoms with Crippen LogP contribution in [0.25, 0.3) is 11.1 Å². The molecular formula is C23H26F3NO3. The standard InChI is InChI=1S/C20H20F3NO3.C3H6/c1-2-3-16-14(11-24-12-25)10-18(19-17(16)8-9-26-19)13-4-6-15(7-5-13)27-20(21,22)23;1-3-2/h4-7,10,12H,2-3,8-9,11H2,1H3,(H,24,25);3H,1H2,2H3. The minimum atomic E-state index is -4.72. The average molecular weight is 421 g/mol. The summed E-state index contributed by atoms with van der Waals surface area (Å²) in [6, 6.07) is 7.68. The Morgan fingerprint density at radius 3 is 2.50 bits per heavy atom. The highest BCUT2D eigenvalue weighted by atomic mass is 19.4. The molecular weight excluding hydrogens is 395 g/mol. The quantitative estimate of drug-likeness (QED) is 0.469. The zero-order valence-electron chi connectivity index (χ0n) is 17.1. The molecule has 0 saturated heterocycles. The average Bonchev–Trinajstić information content (AvgIpc) is 3.17. The number of allylic oxidation sites excluding steroid dienone is 1. The minimum absolute atomic E-state index is 0.269. The number of hydrogen-bond acceptors (Lipinski definition) is 3. The van der Waals surface area contributed by atoms with Gasteiger partial charge in [0, 0.05) is 24.1 Å². The van der Waals surface area contributed by atoms with E-state index in [-0.39, 0.29) is 5.75 Å². The van der Waals surface area contributed by atoms with Crippen molar-refractivity contribution in [2.24, 2.45) is 0 Å². The van der Waals surface area contributed by atoms with Crippen molar-refractivity contribution in [3.8, 4) is 22.6 Å². The third-order valence-corrected chi connectivity index (χ3v) is 4.46. The maximum Gasteiger partial charge on any atom is 0.573 e. The molecule has 7 heteroatoms. The Morgan fingerprint density at radius 1 is 1.27 bits per heavy atom. The van der Waals surface area contributed by atoms with E-state index in [9.17, 15) is 18.0 Å². The molecule has 1 N–H and O–H groups in total. The highest BCUT2D eigenvalue weighted by Gasteiger charge is 2.31. The third-order valence-electron chi connectivity index (χ3n) is 4.46. The molecule has 0 radical (unpaired) electrons. The lowest BCUT2D eigenvalue weighted by Crippen LogP contribution is -2.16. The highest BCUT2D eigenvalue weighted by Crippen LogP contribution is 2.41. The van der Waals surface area contributed by atoms with E-state index in [1.165, 1.54) is 17.7 Å². The molecule has 1 amide bonds. The van der Waals surface area contributed by atoms with Gasteiger partial charge in [0.15, 0.2) is 0 Å². The summed E-state index contributed by atoms with van der Waals surface area (Å²) in [5, 5.41) is 2.70. The number of nitrogens with one attached hydrogen (secondary N) is 1. The van der Waals surface area contributed by atoms with Crippen molar-refractivity contribution in [1.82, 2.24) is 5.32 Å². The van der Waals surface area contributed by atoms with Gasteiger partial charge in [0.25, 0.3) is 0 Å². The fourth-order valence-electron chi connectivity index (χ4n) is 3.43. The Labute approximate surface area is 174 Å². The number of carbonyl (C=O) groups is 1. The molecule has 0 spiro atoms. The fourth-order valence-corrected chi connectivity index (χ4v) is 3.43. The third kappa shape index (κ3) is 6.02. The van der Waals surface area contributed by atoms with Crippen LogP contribution in [0.3, 0.4) is 0 Å². The smallest absolute Gasteiger partial charge is 0.492 e. The van der Waals surface area contributed by atoms with Crippen molar-refractivity contribution in [1.29, 1.82) is 0 Å². The largest absolute Gasteiger partial charge is 0.573 e. The summed E-state index contributed by atoms with van der Waals surface area (Å²) in [6.07, 6.45) is 0.301. The van der Waals surface area contributed by atoms with Gasteiger partial charge < -0.3 is 14.8 Å². The topological polar surface area (TPSA) is 47.6 Å². The maximum atomic E-state index is 12.4. The first-order valence-corrected chi connectivity index (χ1v) is 9.75. The first-order valence-electron chi connectivity index (χ1n) is 9.75. The molecule has 0 bridgehead atoms. The molecule has 0 fully saturated rings. The van der Waals surface area contributed by atoms with Gasteiger partial charge in [-0.15, -0.1) is 19.8 Å². The molecule has 0 unspecified atom stereocenters. The number of carbonyl (C=O) groups excluding carboxylic acids is 1. The van der Waals surface area contributed by atoms with E-state index < -0.39 is 6.36 Å². The van der Waals surface area contributed by atoms with Crippen molar-refractivity contribution in [2.75, 3.05) is 6.61 Å². The molecule has 0 atom stereocenters. The molecule has 30 heavy (non-hydrogen) atoms. The lowest BCUT2D eigenvalue weighted by molar-refractivity contribution is -0.274. The summed E-state index contributed by atoms with van der Waals surface area (Å²) in [5.74, 6) is 0.507. The normalized spacial score (nSPS) is 12.2. The number of hydrogen-bond donors (Lipinski definition) is 1. The molecule has 1 aliphatic heterocycles. The lowest BCUT2D eigenvalue weighted by Gasteiger charge is -2.17. The Morgan fingerprint density at radius 2 is 1.93 bits per heavy atom. The van der Waals surface area contributed by atoms with Gasteiger partial charge in [-0.1, -0.05) is 31.6 Å². The summed E-state index contributed by atoms with van der Waals surface area (Å²) < 4.78 is 46.8. The van der Waals surface area contributed by atoms with Crippen LogP contribution in [0.5, 0.6) is 11.5 Å². The van der Waals surface area contributed by atoms with Crippen LogP contribution in [0, 0.1) is 0 Å². The first-order chi connectivity index (χ1) is 14.3. The van der Waals surface area contributed by atoms with Gasteiger partial charge in [0.2, 0.25) is 6.41 Å². The predicted octanol–water partition coefficient (Wildman–Crippen LogP) is 5.58. The lowest BCUT2D eigenvalue weighted by atomic mass is 9.90. The second-order valence-corrected chi connectivity index (χ2v) is 6.70. The van der Waals surface area contributed by atoms with Crippen LogP contribution in [-0.2, 0) is 24.2 Å². The van der Waals surface area contributed by atoms with Gasteiger partial charge in [0.05, 0.1) is 6.61 Å². The van der Waals surface area contributed by atoms with Gasteiger partial charge in [-0.3, -0.25) is 4.79 Å². The van der Waals surface area contributed by atoms with Crippen molar-refractivity contribution in [3.63, 3.8) is 0 Å². The molecule has 0 aliphatic carbocycles. The molecule has 1 aliphatic rings. The Hall–Kier alpha value is -2.96. The van der Waals surface area contributed by atoms with Crippen molar-refractivity contribution < 1.29 is 27.4 Å². The number of fused-ring (bicyclic) bond motifs is 1. The monoisotopic (exact) mass is 421 g/mol. The Balaban J connectivity index is 0.00000101. The van der Waals surface area contributed by atoms with Gasteiger partial charge in [-0.25, -0.2) is 0 Å². The molecule has 2 aromatic rings. The highest BCUT2D eigenvalue weighted by molar-refractivity contribution is 5.76. The Kier molecular flexibility index (Phi) is 8.33. The van der Waals surface area contributed by atoms with Crippen LogP contribution in [-0.4, -0.2) is 19.4 Å². The number of amides is 1. The molecule has 0 aromatic heterocycles. The molecule has 1 heterocycles. The number of ether oxygens (including phenoxy) is 2. The van der Waals surface area contributed by atoms with Crippen LogP contribution in [0.15, 0.2) is 43.0 Å². The van der Waals surface area contributed by atoms with Crippen molar-refractivity contribution in [2.45, 2.75) is 46.0 Å². The number of halogens is 3. The van der Waals surface area contributed by atoms with Crippen LogP contribution >= 0.6 is 0 Å². The van der Waals surface area contributed by atoms with Crippen molar-refractivity contribution >= 4 is 6.41 Å². The van der Waals surface area contributed by atoms with E-state index in [1.807, 2.05) is 13.0 Å². The van der Waals surface area contributed by atoms with Crippen LogP contribution in [0.4, 0.5) is 13.2 Å². The SMILES string of the molecule is C=CC.CCCc1c(CNC=O)cc(-c2ccc(OC(F)(F)F)cc2)c2c1CCO2. The van der Waals surface area contributed by atoms with Gasteiger partial charge in [0.1, 0.15) is 11.5 Å². The summed E-state index contributed by atoms with van der Waals surface area (Å²) in [4.78, 5) is 10.7. The van der Waals surface area contributed by atoms with Crippen LogP contribution in [0.1, 0.15) is 37.0 Å². The summed E-state index contributed by atoms with van der Waals surface area (Å²) in [5.41, 5.74) is 4.84. The molecule has 3 rings (SSSR count). The van der Waals surface area contributed by atoms with Gasteiger partial charge >= 0.3 is 6.36 Å². The van der Waals surface area contributed by atoms with E-state index >= 15 is 0 Å². The predicted molar refractivity (Wildman–Crippen MR) is 111 cm³/mol. The number of rotatable bonds is 7. The second-order valence-electron chi connectivity index (χ2n) is 6.70. The van der Waals surface area contributed by atoms with Crippen LogP contribution < -0.4 is 14.8 Å². The van der Waals surface area contributed by atoms with E-state index in [1.54, 1.807) is 18.2 Å². The molecule has 0 saturated carbocycles. The summed E-state index contributed by atoms with van der Waals surface area (Å²) in [6.45, 7) is 8.31. The van der Waals surface area contributed by atoms with E-state index in [4.69, 9.17) is 4.74 Å². The number of benzene rings is 2. The number of alkyl halides is 3. The zero-order valence-corrected chi connectivity index (χ0v) is 17.1. The van der Waals surface area contributed by atoms with E-state index in [0.29, 0.717) is 19.6 Å². The summed E-state index contributed by atoms with van der Waals surface area (Å²) in [7, 11) is 0. The van der Waals surface area contributed by atoms with Crippen LogP contribution in [0.2, 0.25) is 0 Å². The minimum Gasteiger partial charge on any atom is -0.492 e.